The molecule has 37 heavy (non-hydrogen) atoms. The number of urea groups is 1. The molecule has 9 heteroatoms. The molecule has 0 spiro atoms. The Kier molecular flexibility index (Phi) is 6.72. The smallest absolute Gasteiger partial charge is 0.331 e. The number of aromatic nitrogens is 1. The van der Waals surface area contributed by atoms with Crippen molar-refractivity contribution in [1.29, 1.82) is 0 Å². The molecule has 9 nitrogen and oxygen atoms in total. The van der Waals surface area contributed by atoms with Crippen molar-refractivity contribution >= 4 is 17.8 Å². The molecular formula is C28H32N4O5. The van der Waals surface area contributed by atoms with Gasteiger partial charge in [-0.3, -0.25) is 24.6 Å². The zero-order valence-electron chi connectivity index (χ0n) is 21.0. The number of pyridine rings is 1. The van der Waals surface area contributed by atoms with Crippen molar-refractivity contribution in [3.63, 3.8) is 0 Å². The fourth-order valence-electron chi connectivity index (χ4n) is 6.10. The molecule has 2 fully saturated rings. The number of hydrogen-bond acceptors (Lipinski definition) is 6. The minimum atomic E-state index is -1.48. The number of carbonyl (C=O) groups excluding carboxylic acids is 3. The third kappa shape index (κ3) is 4.59. The van der Waals surface area contributed by atoms with Gasteiger partial charge >= 0.3 is 6.03 Å². The van der Waals surface area contributed by atoms with E-state index in [4.69, 9.17) is 4.74 Å². The number of barbiturate groups is 1. The first-order chi connectivity index (χ1) is 17.8. The lowest BCUT2D eigenvalue weighted by Crippen LogP contribution is -2.68. The number of amides is 4. The highest BCUT2D eigenvalue weighted by Gasteiger charge is 2.55. The summed E-state index contributed by atoms with van der Waals surface area (Å²) in [6.45, 7) is 8.22. The third-order valence-corrected chi connectivity index (χ3v) is 7.66. The minimum Gasteiger partial charge on any atom is -0.494 e. The number of imide groups is 2. The van der Waals surface area contributed by atoms with Crippen LogP contribution in [-0.2, 0) is 22.6 Å². The number of nitrogens with zero attached hydrogens (tertiary/aromatic N) is 3. The van der Waals surface area contributed by atoms with Crippen LogP contribution in [0.15, 0.2) is 59.9 Å². The average molecular weight is 505 g/mol. The summed E-state index contributed by atoms with van der Waals surface area (Å²) in [5, 5.41) is 2.43. The average Bonchev–Trinajstić information content (AvgIpc) is 2.87. The van der Waals surface area contributed by atoms with E-state index in [0.717, 1.165) is 22.6 Å². The van der Waals surface area contributed by atoms with Gasteiger partial charge in [0, 0.05) is 50.4 Å². The molecule has 4 amide bonds. The molecule has 2 saturated heterocycles. The number of hydrogen-bond donors (Lipinski definition) is 1. The van der Waals surface area contributed by atoms with Crippen LogP contribution in [0.1, 0.15) is 30.5 Å². The van der Waals surface area contributed by atoms with Gasteiger partial charge in [0.25, 0.3) is 5.56 Å². The largest absolute Gasteiger partial charge is 0.494 e. The van der Waals surface area contributed by atoms with Gasteiger partial charge in [-0.1, -0.05) is 24.3 Å². The predicted molar refractivity (Wildman–Crippen MR) is 137 cm³/mol. The Bertz CT molecular complexity index is 1290. The number of likely N-dealkylation sites (tertiary alicyclic amines) is 1. The predicted octanol–water partition coefficient (Wildman–Crippen LogP) is 2.16. The molecule has 5 rings (SSSR count). The van der Waals surface area contributed by atoms with Crippen LogP contribution in [0.4, 0.5) is 4.79 Å². The van der Waals surface area contributed by atoms with Gasteiger partial charge in [-0.15, -0.1) is 6.58 Å². The summed E-state index contributed by atoms with van der Waals surface area (Å²) in [5.74, 6) is -0.00878. The SMILES string of the molecule is C=CCN1C(=O)NC(=O)C(Cc2ccc(OCC)cc2)(CN2CC3CC(C2)c2cccc(=O)n2C3)C1=O. The minimum absolute atomic E-state index is 0.00744. The van der Waals surface area contributed by atoms with Gasteiger partial charge < -0.3 is 14.2 Å². The van der Waals surface area contributed by atoms with Gasteiger partial charge in [0.15, 0.2) is 0 Å². The summed E-state index contributed by atoms with van der Waals surface area (Å²) >= 11 is 0. The first kappa shape index (κ1) is 25.0. The highest BCUT2D eigenvalue weighted by molar-refractivity contribution is 6.19. The maximum Gasteiger partial charge on any atom is 0.331 e. The molecule has 2 bridgehead atoms. The summed E-state index contributed by atoms with van der Waals surface area (Å²) in [6.07, 6.45) is 2.59. The number of rotatable bonds is 8. The molecule has 1 N–H and O–H groups in total. The second-order valence-electron chi connectivity index (χ2n) is 10.2. The third-order valence-electron chi connectivity index (χ3n) is 7.66. The summed E-state index contributed by atoms with van der Waals surface area (Å²) in [5.41, 5.74) is 0.324. The van der Waals surface area contributed by atoms with Gasteiger partial charge in [0.1, 0.15) is 11.2 Å². The number of fused-ring (bicyclic) bond motifs is 4. The summed E-state index contributed by atoms with van der Waals surface area (Å²) in [7, 11) is 0. The Morgan fingerprint density at radius 1 is 1.08 bits per heavy atom. The number of benzene rings is 1. The lowest BCUT2D eigenvalue weighted by atomic mass is 9.75. The van der Waals surface area contributed by atoms with E-state index in [1.54, 1.807) is 12.1 Å². The number of piperidine rings is 1. The maximum atomic E-state index is 13.9. The van der Waals surface area contributed by atoms with Crippen LogP contribution < -0.4 is 15.6 Å². The van der Waals surface area contributed by atoms with Crippen molar-refractivity contribution in [3.8, 4) is 5.75 Å². The van der Waals surface area contributed by atoms with Crippen LogP contribution in [0.25, 0.3) is 0 Å². The lowest BCUT2D eigenvalue weighted by molar-refractivity contribution is -0.153. The topological polar surface area (TPSA) is 101 Å². The van der Waals surface area contributed by atoms with Crippen molar-refractivity contribution < 1.29 is 19.1 Å². The molecule has 1 aromatic carbocycles. The Labute approximate surface area is 215 Å². The molecule has 2 aromatic rings. The van der Waals surface area contributed by atoms with Gasteiger partial charge in [0.05, 0.1) is 6.61 Å². The Balaban J connectivity index is 1.47. The van der Waals surface area contributed by atoms with E-state index in [0.29, 0.717) is 32.0 Å². The molecule has 3 aliphatic rings. The molecule has 3 unspecified atom stereocenters. The first-order valence-corrected chi connectivity index (χ1v) is 12.8. The van der Waals surface area contributed by atoms with Gasteiger partial charge in [-0.05, 0) is 49.4 Å². The summed E-state index contributed by atoms with van der Waals surface area (Å²) in [6, 6.07) is 12.0. The van der Waals surface area contributed by atoms with E-state index in [1.807, 2.05) is 41.8 Å². The van der Waals surface area contributed by atoms with E-state index in [9.17, 15) is 19.2 Å². The molecule has 3 aliphatic heterocycles. The first-order valence-electron chi connectivity index (χ1n) is 12.8. The van der Waals surface area contributed by atoms with E-state index >= 15 is 0 Å². The molecule has 3 atom stereocenters. The summed E-state index contributed by atoms with van der Waals surface area (Å²) < 4.78 is 7.40. The standard InChI is InChI=1S/C28H32N4O5/c1-3-12-31-26(35)28(25(34)29-27(31)36,14-19-8-10-22(11-9-19)37-4-2)18-30-15-20-13-21(17-30)23-6-5-7-24(33)32(23)16-20/h3,5-11,20-21H,1,4,12-18H2,2H3,(H,29,34,36). The van der Waals surface area contributed by atoms with Crippen molar-refractivity contribution in [2.24, 2.45) is 11.3 Å². The van der Waals surface area contributed by atoms with E-state index in [1.165, 1.54) is 6.08 Å². The second kappa shape index (κ2) is 9.97. The van der Waals surface area contributed by atoms with E-state index in [-0.39, 0.29) is 36.9 Å². The van der Waals surface area contributed by atoms with Crippen molar-refractivity contribution in [3.05, 3.63) is 76.7 Å². The highest BCUT2D eigenvalue weighted by Crippen LogP contribution is 2.38. The maximum absolute atomic E-state index is 13.9. The molecule has 194 valence electrons. The number of ether oxygens (including phenoxy) is 1. The van der Waals surface area contributed by atoms with E-state index < -0.39 is 23.3 Å². The van der Waals surface area contributed by atoms with Crippen molar-refractivity contribution in [2.75, 3.05) is 32.8 Å². The fourth-order valence-corrected chi connectivity index (χ4v) is 6.10. The highest BCUT2D eigenvalue weighted by atomic mass is 16.5. The van der Waals surface area contributed by atoms with Gasteiger partial charge in [-0.25, -0.2) is 4.79 Å². The molecular weight excluding hydrogens is 472 g/mol. The van der Waals surface area contributed by atoms with Crippen LogP contribution in [0, 0.1) is 11.3 Å². The molecule has 1 aromatic heterocycles. The zero-order chi connectivity index (χ0) is 26.2. The Morgan fingerprint density at radius 3 is 2.59 bits per heavy atom. The van der Waals surface area contributed by atoms with Gasteiger partial charge in [-0.2, -0.15) is 0 Å². The Morgan fingerprint density at radius 2 is 1.86 bits per heavy atom. The molecule has 4 heterocycles. The van der Waals surface area contributed by atoms with E-state index in [2.05, 4.69) is 16.8 Å². The Hall–Kier alpha value is -3.72. The quantitative estimate of drug-likeness (QED) is 0.437. The van der Waals surface area contributed by atoms with Crippen LogP contribution in [-0.4, -0.2) is 65.0 Å². The van der Waals surface area contributed by atoms with Crippen LogP contribution in [0.5, 0.6) is 5.75 Å². The van der Waals surface area contributed by atoms with Crippen molar-refractivity contribution in [2.45, 2.75) is 32.2 Å². The van der Waals surface area contributed by atoms with Crippen LogP contribution in [0.3, 0.4) is 0 Å². The normalized spacial score (nSPS) is 25.4. The second-order valence-corrected chi connectivity index (χ2v) is 10.2. The molecule has 0 radical (unpaired) electrons. The zero-order valence-corrected chi connectivity index (χ0v) is 21.0. The molecule has 0 aliphatic carbocycles. The monoisotopic (exact) mass is 504 g/mol. The van der Waals surface area contributed by atoms with Gasteiger partial charge in [0.2, 0.25) is 11.8 Å². The number of nitrogens with one attached hydrogen (secondary N) is 1. The van der Waals surface area contributed by atoms with Crippen LogP contribution >= 0.6 is 0 Å². The lowest BCUT2D eigenvalue weighted by Gasteiger charge is -2.47. The summed E-state index contributed by atoms with van der Waals surface area (Å²) in [4.78, 5) is 55.6. The number of carbonyl (C=O) groups is 3. The molecule has 0 saturated carbocycles. The van der Waals surface area contributed by atoms with Crippen LogP contribution in [0.2, 0.25) is 0 Å². The van der Waals surface area contributed by atoms with Crippen molar-refractivity contribution in [1.82, 2.24) is 19.7 Å². The fraction of sp³-hybridized carbons (Fsp3) is 0.429.